The summed E-state index contributed by atoms with van der Waals surface area (Å²) >= 11 is 0. The molecular formula is C28H34BFN4O7. The number of primary amides is 1. The number of ketones is 1. The van der Waals surface area contributed by atoms with Crippen molar-refractivity contribution in [3.05, 3.63) is 45.7 Å². The minimum atomic E-state index is -2.35. The Morgan fingerprint density at radius 1 is 1.17 bits per heavy atom. The molecule has 0 radical (unpaired) electrons. The summed E-state index contributed by atoms with van der Waals surface area (Å²) in [4.78, 5) is 44.0. The topological polar surface area (TPSA) is 168 Å². The molecular weight excluding hydrogens is 534 g/mol. The monoisotopic (exact) mass is 568 g/mol. The van der Waals surface area contributed by atoms with Crippen LogP contribution < -0.4 is 10.6 Å². The second kappa shape index (κ2) is 9.78. The van der Waals surface area contributed by atoms with E-state index in [1.807, 2.05) is 0 Å². The molecule has 1 aromatic carbocycles. The molecule has 218 valence electrons. The summed E-state index contributed by atoms with van der Waals surface area (Å²) in [6, 6.07) is -0.405. The Kier molecular flexibility index (Phi) is 6.91. The first kappa shape index (κ1) is 29.0. The fourth-order valence-electron chi connectivity index (χ4n) is 7.21. The van der Waals surface area contributed by atoms with Gasteiger partial charge in [-0.05, 0) is 14.1 Å². The molecule has 1 saturated heterocycles. The molecule has 1 aliphatic heterocycles. The van der Waals surface area contributed by atoms with E-state index in [2.05, 4.69) is 7.49 Å². The van der Waals surface area contributed by atoms with Crippen molar-refractivity contribution in [1.29, 1.82) is 0 Å². The molecule has 5 rings (SSSR count). The summed E-state index contributed by atoms with van der Waals surface area (Å²) in [5, 5.41) is 45.8. The van der Waals surface area contributed by atoms with Crippen molar-refractivity contribution in [1.82, 2.24) is 9.80 Å². The van der Waals surface area contributed by atoms with E-state index in [4.69, 9.17) is 5.73 Å². The van der Waals surface area contributed by atoms with E-state index in [1.165, 1.54) is 4.90 Å². The van der Waals surface area contributed by atoms with Gasteiger partial charge in [0, 0.05) is 0 Å². The van der Waals surface area contributed by atoms with Crippen molar-refractivity contribution < 1.29 is 39.2 Å². The van der Waals surface area contributed by atoms with E-state index >= 15 is 4.39 Å². The third-order valence-electron chi connectivity index (χ3n) is 9.16. The Bertz CT molecular complexity index is 1470. The SMILES string of the molecule is B=C1C(C(N)=O)=C(O)[C@@H](N(C)C)[C@@H]2C[C@@H]3Cc4c(F)cc(N5CCC[C@H](N(C)C)C5=O)c(O)c4C(=O)C3=C(O)[C@]12O. The van der Waals surface area contributed by atoms with E-state index in [-0.39, 0.29) is 47.6 Å². The number of rotatable bonds is 4. The first-order valence-electron chi connectivity index (χ1n) is 13.5. The fourth-order valence-corrected chi connectivity index (χ4v) is 7.21. The van der Waals surface area contributed by atoms with Crippen LogP contribution in [-0.2, 0) is 16.0 Å². The molecule has 4 aliphatic rings. The van der Waals surface area contributed by atoms with E-state index in [1.54, 1.807) is 38.0 Å². The number of aromatic hydroxyl groups is 1. The standard InChI is InChI=1S/C28H34BFN4O7/c1-32(2)15-6-5-7-34(27(15)40)16-10-14(30)12-8-11-9-13-20(33(3)4)23(37)19(26(31)39)24(29)28(13,41)25(38)17(11)22(36)18(12)21(16)35/h10-11,13,15,20,29,35,37-38,41H,5-9H2,1-4H3,(H2,31,39)/t11-,13-,15-,20-,28+/m0/s1. The molecule has 0 spiro atoms. The van der Waals surface area contributed by atoms with Crippen LogP contribution >= 0.6 is 0 Å². The van der Waals surface area contributed by atoms with E-state index < -0.39 is 75.4 Å². The molecule has 0 bridgehead atoms. The summed E-state index contributed by atoms with van der Waals surface area (Å²) in [5.41, 5.74) is 1.50. The Labute approximate surface area is 237 Å². The van der Waals surface area contributed by atoms with E-state index in [9.17, 15) is 34.8 Å². The number of hydrogen-bond acceptors (Lipinski definition) is 9. The number of anilines is 1. The van der Waals surface area contributed by atoms with Crippen LogP contribution in [0.4, 0.5) is 10.1 Å². The number of phenols is 1. The number of phenolic OH excluding ortho intramolecular Hbond substituents is 1. The van der Waals surface area contributed by atoms with Gasteiger partial charge in [0.25, 0.3) is 0 Å². The molecule has 5 atom stereocenters. The number of aliphatic hydroxyl groups excluding tert-OH is 2. The maximum atomic E-state index is 15.7. The van der Waals surface area contributed by atoms with Crippen LogP contribution in [0.15, 0.2) is 28.7 Å². The normalized spacial score (nSPS) is 30.1. The second-order valence-electron chi connectivity index (χ2n) is 11.8. The molecule has 11 nitrogen and oxygen atoms in total. The quantitative estimate of drug-likeness (QED) is 0.310. The molecule has 1 aromatic rings. The number of Topliss-reactive ketones (excluding diaryl/α,β-unsaturated/α-hetero) is 1. The molecule has 6 N–H and O–H groups in total. The predicted octanol–water partition coefficient (Wildman–Crippen LogP) is -0.179. The number of nitrogens with two attached hydrogens (primary N) is 1. The summed E-state index contributed by atoms with van der Waals surface area (Å²) in [6.45, 7) is 0.221. The summed E-state index contributed by atoms with van der Waals surface area (Å²) < 4.78 is 15.7. The van der Waals surface area contributed by atoms with Crippen LogP contribution in [0, 0.1) is 17.7 Å². The van der Waals surface area contributed by atoms with Gasteiger partial charge in [-0.15, -0.1) is 0 Å². The average molecular weight is 568 g/mol. The fraction of sp³-hybridized carbons (Fsp3) is 0.500. The van der Waals surface area contributed by atoms with Gasteiger partial charge in [-0.1, -0.05) is 0 Å². The summed E-state index contributed by atoms with van der Waals surface area (Å²) in [5.74, 6) is -6.64. The van der Waals surface area contributed by atoms with Crippen LogP contribution in [0.1, 0.15) is 35.2 Å². The third-order valence-corrected chi connectivity index (χ3v) is 9.16. The van der Waals surface area contributed by atoms with Crippen LogP contribution in [-0.4, -0.2) is 113 Å². The van der Waals surface area contributed by atoms with Crippen LogP contribution in [0.2, 0.25) is 0 Å². The minimum absolute atomic E-state index is 0.0100. The van der Waals surface area contributed by atoms with E-state index in [0.717, 1.165) is 6.07 Å². The Morgan fingerprint density at radius 3 is 2.41 bits per heavy atom. The zero-order chi connectivity index (χ0) is 30.3. The molecule has 1 fully saturated rings. The van der Waals surface area contributed by atoms with Crippen molar-refractivity contribution in [2.45, 2.75) is 43.4 Å². The number of hydrogen-bond donors (Lipinski definition) is 5. The van der Waals surface area contributed by atoms with Crippen LogP contribution in [0.25, 0.3) is 0 Å². The van der Waals surface area contributed by atoms with Crippen molar-refractivity contribution in [2.75, 3.05) is 39.6 Å². The van der Waals surface area contributed by atoms with Crippen LogP contribution in [0.5, 0.6) is 5.75 Å². The Hall–Kier alpha value is -3.55. The molecule has 3 aliphatic carbocycles. The number of allylic oxidation sites excluding steroid dienone is 1. The van der Waals surface area contributed by atoms with Crippen molar-refractivity contribution in [2.24, 2.45) is 17.6 Å². The van der Waals surface area contributed by atoms with Crippen molar-refractivity contribution in [3.8, 4) is 5.75 Å². The number of carbonyl (C=O) groups excluding carboxylic acids is 3. The number of fused-ring (bicyclic) bond motifs is 3. The Balaban J connectivity index is 1.66. The molecule has 2 amide bonds. The van der Waals surface area contributed by atoms with Gasteiger partial charge < -0.3 is 0 Å². The van der Waals surface area contributed by atoms with Gasteiger partial charge in [-0.3, -0.25) is 0 Å². The summed E-state index contributed by atoms with van der Waals surface area (Å²) in [7, 11) is 10.5. The number of aliphatic hydroxyl groups is 3. The number of amides is 2. The van der Waals surface area contributed by atoms with Gasteiger partial charge in [-0.2, -0.15) is 0 Å². The molecule has 0 aromatic heterocycles. The van der Waals surface area contributed by atoms with Crippen LogP contribution in [0.3, 0.4) is 0 Å². The maximum absolute atomic E-state index is 15.7. The van der Waals surface area contributed by atoms with Gasteiger partial charge in [0.05, 0.1) is 0 Å². The Morgan fingerprint density at radius 2 is 1.83 bits per heavy atom. The van der Waals surface area contributed by atoms with Gasteiger partial charge >= 0.3 is 223 Å². The number of likely N-dealkylation sites (N-methyl/N-ethyl adjacent to an activating group) is 2. The zero-order valence-electron chi connectivity index (χ0n) is 23.4. The third kappa shape index (κ3) is 3.97. The molecule has 1 heterocycles. The number of carbonyl (C=O) groups is 3. The number of halogens is 1. The molecule has 41 heavy (non-hydrogen) atoms. The number of piperidine rings is 1. The first-order chi connectivity index (χ1) is 19.1. The second-order valence-corrected chi connectivity index (χ2v) is 11.8. The predicted molar refractivity (Wildman–Crippen MR) is 150 cm³/mol. The van der Waals surface area contributed by atoms with Gasteiger partial charge in [-0.25, -0.2) is 0 Å². The van der Waals surface area contributed by atoms with Crippen molar-refractivity contribution in [3.63, 3.8) is 0 Å². The molecule has 0 unspecified atom stereocenters. The van der Waals surface area contributed by atoms with Gasteiger partial charge in [0.2, 0.25) is 0 Å². The van der Waals surface area contributed by atoms with Gasteiger partial charge in [0.15, 0.2) is 0 Å². The number of benzene rings is 1. The van der Waals surface area contributed by atoms with E-state index in [0.29, 0.717) is 12.8 Å². The molecule has 13 heteroatoms. The average Bonchev–Trinajstić information content (AvgIpc) is 2.88. The first-order valence-corrected chi connectivity index (χ1v) is 13.5. The zero-order valence-corrected chi connectivity index (χ0v) is 23.4. The van der Waals surface area contributed by atoms with Crippen molar-refractivity contribution >= 4 is 36.2 Å². The number of nitrogens with zero attached hydrogens (tertiary/aromatic N) is 3. The van der Waals surface area contributed by atoms with Gasteiger partial charge in [0.1, 0.15) is 0 Å². The molecule has 0 saturated carbocycles. The summed E-state index contributed by atoms with van der Waals surface area (Å²) in [6.07, 6.45) is 1.10.